The zero-order valence-electron chi connectivity index (χ0n) is 15.2. The van der Waals surface area contributed by atoms with Crippen molar-refractivity contribution in [2.24, 2.45) is 5.10 Å². The van der Waals surface area contributed by atoms with Crippen LogP contribution < -0.4 is 4.74 Å². The molecule has 0 fully saturated rings. The molecule has 0 bridgehead atoms. The molecule has 6 heteroatoms. The molecule has 0 saturated carbocycles. The number of methoxy groups -OCH3 is 1. The highest BCUT2D eigenvalue weighted by molar-refractivity contribution is 7.71. The van der Waals surface area contributed by atoms with Crippen LogP contribution in [0.1, 0.15) is 5.56 Å². The first kappa shape index (κ1) is 17.9. The molecule has 4 aromatic rings. The summed E-state index contributed by atoms with van der Waals surface area (Å²) in [5.41, 5.74) is 4.12. The first-order valence-corrected chi connectivity index (χ1v) is 9.18. The Hall–Kier alpha value is -3.51. The minimum atomic E-state index is 0.415. The van der Waals surface area contributed by atoms with Crippen LogP contribution >= 0.6 is 12.2 Å². The predicted molar refractivity (Wildman–Crippen MR) is 114 cm³/mol. The number of hydrogen-bond donors (Lipinski definition) is 1. The highest BCUT2D eigenvalue weighted by atomic mass is 32.1. The van der Waals surface area contributed by atoms with Crippen LogP contribution in [-0.2, 0) is 0 Å². The van der Waals surface area contributed by atoms with E-state index in [4.69, 9.17) is 17.0 Å². The monoisotopic (exact) mass is 386 g/mol. The maximum absolute atomic E-state index is 5.43. The third kappa shape index (κ3) is 3.63. The van der Waals surface area contributed by atoms with Gasteiger partial charge < -0.3 is 4.74 Å². The van der Waals surface area contributed by atoms with Gasteiger partial charge in [-0.15, -0.1) is 0 Å². The Bertz CT molecular complexity index is 1160. The number of H-pyrrole nitrogens is 1. The molecule has 0 unspecified atom stereocenters. The van der Waals surface area contributed by atoms with Crippen LogP contribution in [0, 0.1) is 4.77 Å². The zero-order chi connectivity index (χ0) is 19.3. The second kappa shape index (κ2) is 8.02. The van der Waals surface area contributed by atoms with Gasteiger partial charge in [0.25, 0.3) is 0 Å². The molecule has 0 amide bonds. The minimum Gasteiger partial charge on any atom is -0.496 e. The number of hydrogen-bond acceptors (Lipinski definition) is 4. The molecule has 4 rings (SSSR count). The van der Waals surface area contributed by atoms with Crippen molar-refractivity contribution in [3.8, 4) is 28.3 Å². The summed E-state index contributed by atoms with van der Waals surface area (Å²) in [6, 6.07) is 26.1. The van der Waals surface area contributed by atoms with Crippen LogP contribution in [0.3, 0.4) is 0 Å². The summed E-state index contributed by atoms with van der Waals surface area (Å²) >= 11 is 5.34. The van der Waals surface area contributed by atoms with Crippen molar-refractivity contribution in [2.45, 2.75) is 0 Å². The summed E-state index contributed by atoms with van der Waals surface area (Å²) in [4.78, 5) is 0. The topological polar surface area (TPSA) is 55.2 Å². The van der Waals surface area contributed by atoms with Crippen LogP contribution in [0.15, 0.2) is 84.0 Å². The first-order valence-electron chi connectivity index (χ1n) is 8.77. The molecule has 0 aliphatic carbocycles. The van der Waals surface area contributed by atoms with E-state index in [1.54, 1.807) is 18.0 Å². The molecule has 0 aliphatic heterocycles. The Balaban J connectivity index is 1.64. The Morgan fingerprint density at radius 2 is 1.61 bits per heavy atom. The van der Waals surface area contributed by atoms with Crippen LogP contribution in [0.2, 0.25) is 0 Å². The van der Waals surface area contributed by atoms with E-state index in [0.717, 1.165) is 16.7 Å². The minimum absolute atomic E-state index is 0.415. The lowest BCUT2D eigenvalue weighted by atomic mass is 10.0. The first-order chi connectivity index (χ1) is 13.8. The lowest BCUT2D eigenvalue weighted by Crippen LogP contribution is -1.97. The Kier molecular flexibility index (Phi) is 5.12. The summed E-state index contributed by atoms with van der Waals surface area (Å²) < 4.78 is 7.44. The predicted octanol–water partition coefficient (Wildman–Crippen LogP) is 5.17. The van der Waals surface area contributed by atoms with Crippen molar-refractivity contribution in [3.05, 3.63) is 89.2 Å². The number of aromatic nitrogens is 3. The van der Waals surface area contributed by atoms with E-state index in [2.05, 4.69) is 39.6 Å². The molecule has 0 atom stereocenters. The van der Waals surface area contributed by atoms with E-state index in [9.17, 15) is 0 Å². The van der Waals surface area contributed by atoms with Crippen LogP contribution in [0.5, 0.6) is 5.75 Å². The molecule has 1 N–H and O–H groups in total. The van der Waals surface area contributed by atoms with Gasteiger partial charge in [-0.25, -0.2) is 5.10 Å². The molecule has 5 nitrogen and oxygen atoms in total. The molecule has 0 saturated heterocycles. The Labute approximate surface area is 167 Å². The van der Waals surface area contributed by atoms with E-state index in [-0.39, 0.29) is 0 Å². The lowest BCUT2D eigenvalue weighted by molar-refractivity contribution is 0.416. The van der Waals surface area contributed by atoms with Gasteiger partial charge in [0.1, 0.15) is 5.75 Å². The number of rotatable bonds is 5. The lowest BCUT2D eigenvalue weighted by Gasteiger charge is -2.07. The number of ether oxygens (including phenoxy) is 1. The summed E-state index contributed by atoms with van der Waals surface area (Å²) in [6.45, 7) is 0. The van der Waals surface area contributed by atoms with Crippen molar-refractivity contribution in [3.63, 3.8) is 0 Å². The molecule has 1 heterocycles. The number of nitrogens with one attached hydrogen (secondary N) is 1. The fourth-order valence-electron chi connectivity index (χ4n) is 2.92. The van der Waals surface area contributed by atoms with E-state index in [1.165, 1.54) is 5.56 Å². The third-order valence-corrected chi connectivity index (χ3v) is 4.60. The number of benzene rings is 3. The standard InChI is InChI=1S/C22H18N4OS/c1-27-20-10-6-5-9-19(20)21-24-25-22(28)26(21)23-15-16-11-13-18(14-12-16)17-7-3-2-4-8-17/h2-15H,1H3,(H,25,28)/b23-15+. The molecular weight excluding hydrogens is 368 g/mol. The van der Waals surface area contributed by atoms with Crippen LogP contribution in [-0.4, -0.2) is 28.2 Å². The van der Waals surface area contributed by atoms with E-state index < -0.39 is 0 Å². The normalized spacial score (nSPS) is 11.0. The van der Waals surface area contributed by atoms with Crippen molar-refractivity contribution < 1.29 is 4.74 Å². The van der Waals surface area contributed by atoms with Crippen molar-refractivity contribution in [1.29, 1.82) is 0 Å². The summed E-state index contributed by atoms with van der Waals surface area (Å²) in [5, 5.41) is 11.6. The number of para-hydroxylation sites is 1. The second-order valence-corrected chi connectivity index (χ2v) is 6.48. The van der Waals surface area contributed by atoms with Crippen molar-refractivity contribution in [2.75, 3.05) is 7.11 Å². The summed E-state index contributed by atoms with van der Waals surface area (Å²) in [6.07, 6.45) is 1.76. The summed E-state index contributed by atoms with van der Waals surface area (Å²) in [5.74, 6) is 1.31. The van der Waals surface area contributed by atoms with E-state index in [0.29, 0.717) is 16.3 Å². The van der Waals surface area contributed by atoms with Gasteiger partial charge in [-0.3, -0.25) is 0 Å². The van der Waals surface area contributed by atoms with Gasteiger partial charge in [0.15, 0.2) is 5.82 Å². The third-order valence-electron chi connectivity index (χ3n) is 4.34. The van der Waals surface area contributed by atoms with Crippen molar-refractivity contribution in [1.82, 2.24) is 14.9 Å². The van der Waals surface area contributed by atoms with Crippen LogP contribution in [0.25, 0.3) is 22.5 Å². The molecule has 0 aliphatic rings. The molecular formula is C22H18N4OS. The van der Waals surface area contributed by atoms with Gasteiger partial charge in [0.2, 0.25) is 4.77 Å². The second-order valence-electron chi connectivity index (χ2n) is 6.10. The molecule has 1 aromatic heterocycles. The van der Waals surface area contributed by atoms with E-state index in [1.807, 2.05) is 54.6 Å². The van der Waals surface area contributed by atoms with Crippen LogP contribution in [0.4, 0.5) is 0 Å². The maximum atomic E-state index is 5.43. The molecule has 0 radical (unpaired) electrons. The molecule has 28 heavy (non-hydrogen) atoms. The quantitative estimate of drug-likeness (QED) is 0.380. The van der Waals surface area contributed by atoms with Crippen molar-refractivity contribution >= 4 is 18.4 Å². The maximum Gasteiger partial charge on any atom is 0.216 e. The van der Waals surface area contributed by atoms with Gasteiger partial charge in [-0.05, 0) is 41.0 Å². The van der Waals surface area contributed by atoms with Gasteiger partial charge in [-0.1, -0.05) is 66.7 Å². The summed E-state index contributed by atoms with van der Waals surface area (Å²) in [7, 11) is 1.63. The highest BCUT2D eigenvalue weighted by Crippen LogP contribution is 2.28. The number of aromatic amines is 1. The average Bonchev–Trinajstić information content (AvgIpc) is 3.13. The largest absolute Gasteiger partial charge is 0.496 e. The smallest absolute Gasteiger partial charge is 0.216 e. The SMILES string of the molecule is COc1ccccc1-c1n[nH]c(=S)n1/N=C/c1ccc(-c2ccccc2)cc1. The molecule has 3 aromatic carbocycles. The van der Waals surface area contributed by atoms with E-state index >= 15 is 0 Å². The zero-order valence-corrected chi connectivity index (χ0v) is 16.1. The number of nitrogens with zero attached hydrogens (tertiary/aromatic N) is 3. The Morgan fingerprint density at radius 3 is 2.36 bits per heavy atom. The van der Waals surface area contributed by atoms with Gasteiger partial charge in [-0.2, -0.15) is 14.9 Å². The Morgan fingerprint density at radius 1 is 0.929 bits per heavy atom. The average molecular weight is 386 g/mol. The van der Waals surface area contributed by atoms with Gasteiger partial charge in [0, 0.05) is 0 Å². The van der Waals surface area contributed by atoms with Gasteiger partial charge >= 0.3 is 0 Å². The molecule has 0 spiro atoms. The fourth-order valence-corrected chi connectivity index (χ4v) is 3.10. The fraction of sp³-hybridized carbons (Fsp3) is 0.0455. The molecule has 138 valence electrons. The van der Waals surface area contributed by atoms with Gasteiger partial charge in [0.05, 0.1) is 18.9 Å². The highest BCUT2D eigenvalue weighted by Gasteiger charge is 2.12.